The van der Waals surface area contributed by atoms with Crippen LogP contribution in [0, 0.1) is 0 Å². The predicted molar refractivity (Wildman–Crippen MR) is 106 cm³/mol. The molecule has 4 heteroatoms. The van der Waals surface area contributed by atoms with Gasteiger partial charge in [0.15, 0.2) is 0 Å². The van der Waals surface area contributed by atoms with Crippen molar-refractivity contribution < 1.29 is 14.3 Å². The maximum atomic E-state index is 11.8. The molecule has 0 atom stereocenters. The summed E-state index contributed by atoms with van der Waals surface area (Å²) in [6.45, 7) is 1.38. The minimum atomic E-state index is -0.428. The number of rotatable bonds is 3. The summed E-state index contributed by atoms with van der Waals surface area (Å²) >= 11 is 0. The van der Waals surface area contributed by atoms with Gasteiger partial charge in [0.05, 0.1) is 5.57 Å². The molecule has 0 fully saturated rings. The number of esters is 1. The van der Waals surface area contributed by atoms with Gasteiger partial charge in [-0.2, -0.15) is 0 Å². The quantitative estimate of drug-likeness (QED) is 0.481. The van der Waals surface area contributed by atoms with Gasteiger partial charge in [-0.3, -0.25) is 4.79 Å². The number of para-hydroxylation sites is 3. The zero-order valence-electron chi connectivity index (χ0n) is 15.2. The second-order valence-electron chi connectivity index (χ2n) is 6.26. The van der Waals surface area contributed by atoms with Crippen LogP contribution in [0.2, 0.25) is 0 Å². The summed E-state index contributed by atoms with van der Waals surface area (Å²) in [5.74, 6) is 0.360. The van der Waals surface area contributed by atoms with E-state index in [2.05, 4.69) is 4.90 Å². The largest absolute Gasteiger partial charge is 0.425 e. The maximum absolute atomic E-state index is 11.8. The third-order valence-corrected chi connectivity index (χ3v) is 4.46. The molecule has 0 saturated heterocycles. The smallest absolute Gasteiger partial charge is 0.310 e. The first-order chi connectivity index (χ1) is 13.1. The molecule has 27 heavy (non-hydrogen) atoms. The van der Waals surface area contributed by atoms with Gasteiger partial charge in [-0.05, 0) is 24.3 Å². The Balaban J connectivity index is 1.97. The summed E-state index contributed by atoms with van der Waals surface area (Å²) in [7, 11) is 2.03. The Bertz CT molecular complexity index is 975. The lowest BCUT2D eigenvalue weighted by Gasteiger charge is -2.32. The van der Waals surface area contributed by atoms with E-state index in [0.29, 0.717) is 5.75 Å². The first-order valence-electron chi connectivity index (χ1n) is 8.73. The van der Waals surface area contributed by atoms with Crippen LogP contribution in [0.5, 0.6) is 5.75 Å². The van der Waals surface area contributed by atoms with Gasteiger partial charge in [0.25, 0.3) is 0 Å². The highest BCUT2D eigenvalue weighted by atomic mass is 16.7. The Labute approximate surface area is 158 Å². The van der Waals surface area contributed by atoms with E-state index in [0.717, 1.165) is 28.1 Å². The molecule has 0 aromatic heterocycles. The van der Waals surface area contributed by atoms with Gasteiger partial charge >= 0.3 is 11.9 Å². The fraction of sp³-hybridized carbons (Fsp3) is 0.0870. The number of carbonyl (C=O) groups is 1. The van der Waals surface area contributed by atoms with Crippen molar-refractivity contribution in [3.63, 3.8) is 0 Å². The van der Waals surface area contributed by atoms with Crippen LogP contribution < -0.4 is 9.64 Å². The minimum absolute atomic E-state index is 0.182. The van der Waals surface area contributed by atoms with Crippen molar-refractivity contribution in [2.75, 3.05) is 11.9 Å². The Hall–Kier alpha value is -3.53. The van der Waals surface area contributed by atoms with Crippen molar-refractivity contribution in [2.45, 2.75) is 6.92 Å². The SMILES string of the molecule is CC(=O)OC(Oc1ccccc1)=C1c2ccccc2N(C)c2ccccc21. The molecule has 4 nitrogen and oxygen atoms in total. The third-order valence-electron chi connectivity index (χ3n) is 4.46. The number of carbonyl (C=O) groups excluding carboxylic acids is 1. The number of nitrogens with zero attached hydrogens (tertiary/aromatic N) is 1. The van der Waals surface area contributed by atoms with Gasteiger partial charge in [-0.1, -0.05) is 54.6 Å². The molecule has 4 rings (SSSR count). The summed E-state index contributed by atoms with van der Waals surface area (Å²) in [6, 6.07) is 25.3. The average molecular weight is 357 g/mol. The second kappa shape index (κ2) is 7.00. The zero-order valence-corrected chi connectivity index (χ0v) is 15.2. The summed E-state index contributed by atoms with van der Waals surface area (Å²) in [5, 5.41) is 0. The molecule has 0 aliphatic carbocycles. The standard InChI is InChI=1S/C23H19NO3/c1-16(25)26-23(27-17-10-4-3-5-11-17)22-18-12-6-8-14-20(18)24(2)21-15-9-7-13-19(21)22/h3-15H,1-2H3. The van der Waals surface area contributed by atoms with E-state index in [1.807, 2.05) is 85.9 Å². The normalized spacial score (nSPS) is 12.1. The van der Waals surface area contributed by atoms with Crippen LogP contribution in [0.4, 0.5) is 11.4 Å². The van der Waals surface area contributed by atoms with Gasteiger partial charge in [-0.25, -0.2) is 0 Å². The molecule has 0 unspecified atom stereocenters. The van der Waals surface area contributed by atoms with E-state index in [1.54, 1.807) is 0 Å². The molecule has 0 radical (unpaired) electrons. The Morgan fingerprint density at radius 2 is 1.30 bits per heavy atom. The minimum Gasteiger partial charge on any atom is -0.425 e. The highest BCUT2D eigenvalue weighted by molar-refractivity contribution is 5.98. The highest BCUT2D eigenvalue weighted by Crippen LogP contribution is 2.45. The van der Waals surface area contributed by atoms with Crippen LogP contribution in [0.3, 0.4) is 0 Å². The molecule has 0 spiro atoms. The van der Waals surface area contributed by atoms with Crippen LogP contribution in [0.25, 0.3) is 5.57 Å². The summed E-state index contributed by atoms with van der Waals surface area (Å²) in [4.78, 5) is 14.0. The topological polar surface area (TPSA) is 38.8 Å². The highest BCUT2D eigenvalue weighted by Gasteiger charge is 2.29. The van der Waals surface area contributed by atoms with Crippen LogP contribution in [-0.4, -0.2) is 13.0 Å². The number of fused-ring (bicyclic) bond motifs is 2. The first kappa shape index (κ1) is 16.9. The summed E-state index contributed by atoms with van der Waals surface area (Å²) in [6.07, 6.45) is 0. The van der Waals surface area contributed by atoms with Crippen LogP contribution in [-0.2, 0) is 9.53 Å². The van der Waals surface area contributed by atoms with Gasteiger partial charge in [0, 0.05) is 36.5 Å². The average Bonchev–Trinajstić information content (AvgIpc) is 2.68. The lowest BCUT2D eigenvalue weighted by molar-refractivity contribution is -0.139. The first-order valence-corrected chi connectivity index (χ1v) is 8.73. The fourth-order valence-electron chi connectivity index (χ4n) is 3.30. The summed E-state index contributed by atoms with van der Waals surface area (Å²) in [5.41, 5.74) is 4.70. The second-order valence-corrected chi connectivity index (χ2v) is 6.26. The van der Waals surface area contributed by atoms with Gasteiger partial charge in [-0.15, -0.1) is 0 Å². The molecular weight excluding hydrogens is 338 g/mol. The maximum Gasteiger partial charge on any atom is 0.310 e. The molecular formula is C23H19NO3. The van der Waals surface area contributed by atoms with Crippen LogP contribution in [0.1, 0.15) is 18.1 Å². The van der Waals surface area contributed by atoms with Crippen molar-refractivity contribution >= 4 is 22.9 Å². The molecule has 1 heterocycles. The number of hydrogen-bond donors (Lipinski definition) is 0. The van der Waals surface area contributed by atoms with Crippen molar-refractivity contribution in [1.82, 2.24) is 0 Å². The number of hydrogen-bond acceptors (Lipinski definition) is 4. The molecule has 1 aliphatic heterocycles. The lowest BCUT2D eigenvalue weighted by atomic mass is 9.91. The van der Waals surface area contributed by atoms with Crippen LogP contribution >= 0.6 is 0 Å². The monoisotopic (exact) mass is 357 g/mol. The van der Waals surface area contributed by atoms with Crippen molar-refractivity contribution in [3.8, 4) is 5.75 Å². The van der Waals surface area contributed by atoms with E-state index in [1.165, 1.54) is 6.92 Å². The van der Waals surface area contributed by atoms with E-state index in [4.69, 9.17) is 9.47 Å². The van der Waals surface area contributed by atoms with Crippen LogP contribution in [0.15, 0.2) is 84.8 Å². The third kappa shape index (κ3) is 3.17. The van der Waals surface area contributed by atoms with Crippen molar-refractivity contribution in [2.24, 2.45) is 0 Å². The molecule has 3 aromatic carbocycles. The van der Waals surface area contributed by atoms with E-state index in [9.17, 15) is 4.79 Å². The molecule has 0 N–H and O–H groups in total. The van der Waals surface area contributed by atoms with Gasteiger partial charge in [0.2, 0.25) is 0 Å². The molecule has 1 aliphatic rings. The number of anilines is 2. The lowest BCUT2D eigenvalue weighted by Crippen LogP contribution is -2.20. The number of ether oxygens (including phenoxy) is 2. The van der Waals surface area contributed by atoms with E-state index >= 15 is 0 Å². The Morgan fingerprint density at radius 3 is 1.85 bits per heavy atom. The fourth-order valence-corrected chi connectivity index (χ4v) is 3.30. The van der Waals surface area contributed by atoms with E-state index in [-0.39, 0.29) is 5.95 Å². The zero-order chi connectivity index (χ0) is 18.8. The van der Waals surface area contributed by atoms with Crippen molar-refractivity contribution in [1.29, 1.82) is 0 Å². The molecule has 0 amide bonds. The number of benzene rings is 3. The molecule has 0 bridgehead atoms. The molecule has 3 aromatic rings. The Morgan fingerprint density at radius 1 is 0.778 bits per heavy atom. The van der Waals surface area contributed by atoms with Gasteiger partial charge in [0.1, 0.15) is 5.75 Å². The van der Waals surface area contributed by atoms with E-state index < -0.39 is 5.97 Å². The predicted octanol–water partition coefficient (Wildman–Crippen LogP) is 5.13. The van der Waals surface area contributed by atoms with Crippen molar-refractivity contribution in [3.05, 3.63) is 95.9 Å². The molecule has 134 valence electrons. The summed E-state index contributed by atoms with van der Waals surface area (Å²) < 4.78 is 11.6. The Kier molecular flexibility index (Phi) is 4.38. The van der Waals surface area contributed by atoms with Gasteiger partial charge < -0.3 is 14.4 Å². The molecule has 0 saturated carbocycles.